The maximum absolute atomic E-state index is 10.9. The van der Waals surface area contributed by atoms with E-state index in [4.69, 9.17) is 10.5 Å². The summed E-state index contributed by atoms with van der Waals surface area (Å²) in [4.78, 5) is 10.9. The van der Waals surface area contributed by atoms with Crippen LogP contribution in [0.4, 0.5) is 4.79 Å². The maximum Gasteiger partial charge on any atom is 0.404 e. The van der Waals surface area contributed by atoms with Crippen molar-refractivity contribution in [1.29, 1.82) is 0 Å². The van der Waals surface area contributed by atoms with E-state index in [0.29, 0.717) is 0 Å². The van der Waals surface area contributed by atoms with Gasteiger partial charge in [0.05, 0.1) is 0 Å². The number of unbranched alkanes of at least 4 members (excludes halogenated alkanes) is 8. The van der Waals surface area contributed by atoms with Crippen molar-refractivity contribution >= 4 is 6.09 Å². The molecule has 19 heavy (non-hydrogen) atoms. The highest BCUT2D eigenvalue weighted by atomic mass is 16.6. The predicted octanol–water partition coefficient (Wildman–Crippen LogP) is 5.17. The number of hydrogen-bond donors (Lipinski definition) is 1. The fourth-order valence-electron chi connectivity index (χ4n) is 2.38. The zero-order valence-electron chi connectivity index (χ0n) is 13.0. The molecule has 2 N–H and O–H groups in total. The van der Waals surface area contributed by atoms with Crippen molar-refractivity contribution in [3.8, 4) is 0 Å². The van der Waals surface area contributed by atoms with E-state index >= 15 is 0 Å². The molecule has 0 atom stereocenters. The molecule has 3 heteroatoms. The first-order chi connectivity index (χ1) is 9.20. The van der Waals surface area contributed by atoms with Crippen molar-refractivity contribution in [2.75, 3.05) is 0 Å². The normalized spacial score (nSPS) is 10.9. The third-order valence-corrected chi connectivity index (χ3v) is 3.54. The lowest BCUT2D eigenvalue weighted by molar-refractivity contribution is 0.0922. The van der Waals surface area contributed by atoms with Crippen molar-refractivity contribution in [1.82, 2.24) is 0 Å². The smallest absolute Gasteiger partial charge is 0.404 e. The molecule has 0 aliphatic rings. The molecule has 0 saturated heterocycles. The van der Waals surface area contributed by atoms with E-state index in [2.05, 4.69) is 13.8 Å². The van der Waals surface area contributed by atoms with Gasteiger partial charge in [-0.05, 0) is 25.7 Å². The number of ether oxygens (including phenoxy) is 1. The first-order valence-corrected chi connectivity index (χ1v) is 8.16. The first-order valence-electron chi connectivity index (χ1n) is 8.16. The SMILES string of the molecule is CCCCCCCC(CCCCCCC)OC(N)=O. The lowest BCUT2D eigenvalue weighted by Gasteiger charge is -2.16. The van der Waals surface area contributed by atoms with Crippen LogP contribution in [-0.4, -0.2) is 12.2 Å². The van der Waals surface area contributed by atoms with Crippen LogP contribution in [0.15, 0.2) is 0 Å². The number of hydrogen-bond acceptors (Lipinski definition) is 2. The minimum Gasteiger partial charge on any atom is -0.446 e. The summed E-state index contributed by atoms with van der Waals surface area (Å²) in [7, 11) is 0. The molecule has 0 aromatic rings. The van der Waals surface area contributed by atoms with Crippen molar-refractivity contribution in [2.45, 2.75) is 97.0 Å². The second-order valence-electron chi connectivity index (χ2n) is 5.46. The lowest BCUT2D eigenvalue weighted by Crippen LogP contribution is -2.22. The van der Waals surface area contributed by atoms with E-state index in [9.17, 15) is 4.79 Å². The Morgan fingerprint density at radius 1 is 0.842 bits per heavy atom. The highest BCUT2D eigenvalue weighted by Gasteiger charge is 2.11. The lowest BCUT2D eigenvalue weighted by atomic mass is 10.0. The largest absolute Gasteiger partial charge is 0.446 e. The Balaban J connectivity index is 3.66. The van der Waals surface area contributed by atoms with Crippen LogP contribution in [0.3, 0.4) is 0 Å². The predicted molar refractivity (Wildman–Crippen MR) is 81.2 cm³/mol. The minimum absolute atomic E-state index is 0.0424. The highest BCUT2D eigenvalue weighted by molar-refractivity contribution is 5.64. The fourth-order valence-corrected chi connectivity index (χ4v) is 2.38. The Morgan fingerprint density at radius 3 is 1.63 bits per heavy atom. The van der Waals surface area contributed by atoms with Gasteiger partial charge >= 0.3 is 6.09 Å². The third-order valence-electron chi connectivity index (χ3n) is 3.54. The van der Waals surface area contributed by atoms with Crippen LogP contribution in [-0.2, 0) is 4.74 Å². The summed E-state index contributed by atoms with van der Waals surface area (Å²) in [5.74, 6) is 0. The molecular weight excluding hydrogens is 238 g/mol. The van der Waals surface area contributed by atoms with Crippen molar-refractivity contribution in [3.05, 3.63) is 0 Å². The van der Waals surface area contributed by atoms with Gasteiger partial charge in [0.25, 0.3) is 0 Å². The van der Waals surface area contributed by atoms with Gasteiger partial charge in [0.15, 0.2) is 0 Å². The Hall–Kier alpha value is -0.730. The molecule has 0 radical (unpaired) electrons. The number of primary amides is 1. The average Bonchev–Trinajstić information content (AvgIpc) is 2.37. The molecule has 114 valence electrons. The molecule has 0 rings (SSSR count). The molecule has 0 aliphatic carbocycles. The minimum atomic E-state index is -0.618. The number of carbonyl (C=O) groups is 1. The summed E-state index contributed by atoms with van der Waals surface area (Å²) in [6.07, 6.45) is 13.8. The number of amides is 1. The molecule has 0 saturated carbocycles. The van der Waals surface area contributed by atoms with Gasteiger partial charge in [-0.1, -0.05) is 65.2 Å². The Kier molecular flexibility index (Phi) is 13.2. The maximum atomic E-state index is 10.9. The van der Waals surface area contributed by atoms with Crippen LogP contribution in [0.25, 0.3) is 0 Å². The molecule has 3 nitrogen and oxygen atoms in total. The zero-order chi connectivity index (χ0) is 14.3. The molecule has 0 aliphatic heterocycles. The number of rotatable bonds is 13. The van der Waals surface area contributed by atoms with Crippen molar-refractivity contribution in [3.63, 3.8) is 0 Å². The molecular formula is C16H33NO2. The highest BCUT2D eigenvalue weighted by Crippen LogP contribution is 2.16. The van der Waals surface area contributed by atoms with Crippen LogP contribution in [0.5, 0.6) is 0 Å². The van der Waals surface area contributed by atoms with E-state index in [1.165, 1.54) is 51.4 Å². The molecule has 0 spiro atoms. The molecule has 0 unspecified atom stereocenters. The van der Waals surface area contributed by atoms with Gasteiger partial charge in [0.2, 0.25) is 0 Å². The van der Waals surface area contributed by atoms with Gasteiger partial charge in [0.1, 0.15) is 6.10 Å². The molecule has 0 fully saturated rings. The zero-order valence-corrected chi connectivity index (χ0v) is 13.0. The van der Waals surface area contributed by atoms with Gasteiger partial charge in [-0.2, -0.15) is 0 Å². The van der Waals surface area contributed by atoms with Gasteiger partial charge in [-0.3, -0.25) is 0 Å². The third kappa shape index (κ3) is 13.5. The van der Waals surface area contributed by atoms with Crippen molar-refractivity contribution < 1.29 is 9.53 Å². The second kappa shape index (κ2) is 13.7. The van der Waals surface area contributed by atoms with Crippen LogP contribution in [0.1, 0.15) is 90.9 Å². The van der Waals surface area contributed by atoms with Gasteiger partial charge in [0, 0.05) is 0 Å². The molecule has 0 heterocycles. The topological polar surface area (TPSA) is 52.3 Å². The Labute approximate surface area is 119 Å². The van der Waals surface area contributed by atoms with Crippen LogP contribution in [0.2, 0.25) is 0 Å². The average molecular weight is 271 g/mol. The summed E-state index contributed by atoms with van der Waals surface area (Å²) in [6, 6.07) is 0. The molecule has 0 bridgehead atoms. The Bertz CT molecular complexity index is 193. The molecule has 0 aromatic carbocycles. The second-order valence-corrected chi connectivity index (χ2v) is 5.46. The molecule has 1 amide bonds. The van der Waals surface area contributed by atoms with Gasteiger partial charge < -0.3 is 10.5 Å². The van der Waals surface area contributed by atoms with Gasteiger partial charge in [-0.15, -0.1) is 0 Å². The van der Waals surface area contributed by atoms with Gasteiger partial charge in [-0.25, -0.2) is 4.79 Å². The number of nitrogens with two attached hydrogens (primary N) is 1. The quantitative estimate of drug-likeness (QED) is 0.470. The van der Waals surface area contributed by atoms with E-state index in [1.54, 1.807) is 0 Å². The van der Waals surface area contributed by atoms with Crippen molar-refractivity contribution in [2.24, 2.45) is 5.73 Å². The fraction of sp³-hybridized carbons (Fsp3) is 0.938. The molecule has 0 aromatic heterocycles. The van der Waals surface area contributed by atoms with Crippen LogP contribution >= 0.6 is 0 Å². The summed E-state index contributed by atoms with van der Waals surface area (Å²) in [6.45, 7) is 4.44. The first kappa shape index (κ1) is 18.3. The van der Waals surface area contributed by atoms with E-state index in [-0.39, 0.29) is 6.10 Å². The standard InChI is InChI=1S/C16H33NO2/c1-3-5-7-9-11-13-15(19-16(17)18)14-12-10-8-6-4-2/h15H,3-14H2,1-2H3,(H2,17,18). The monoisotopic (exact) mass is 271 g/mol. The van der Waals surface area contributed by atoms with E-state index < -0.39 is 6.09 Å². The van der Waals surface area contributed by atoms with Crippen LogP contribution in [0, 0.1) is 0 Å². The number of carbonyl (C=O) groups excluding carboxylic acids is 1. The van der Waals surface area contributed by atoms with E-state index in [0.717, 1.165) is 25.7 Å². The van der Waals surface area contributed by atoms with Crippen LogP contribution < -0.4 is 5.73 Å². The Morgan fingerprint density at radius 2 is 1.26 bits per heavy atom. The summed E-state index contributed by atoms with van der Waals surface area (Å²) in [5, 5.41) is 0. The van der Waals surface area contributed by atoms with E-state index in [1.807, 2.05) is 0 Å². The summed E-state index contributed by atoms with van der Waals surface area (Å²) >= 11 is 0. The summed E-state index contributed by atoms with van der Waals surface area (Å²) in [5.41, 5.74) is 5.14. The summed E-state index contributed by atoms with van der Waals surface area (Å²) < 4.78 is 5.20.